The number of hydrogen-bond acceptors (Lipinski definition) is 6. The molecular formula is C56H90O6. The molecule has 0 aromatic rings. The first-order valence-corrected chi connectivity index (χ1v) is 24.9. The van der Waals surface area contributed by atoms with Crippen LogP contribution in [0.25, 0.3) is 0 Å². The van der Waals surface area contributed by atoms with E-state index in [0.717, 1.165) is 83.5 Å². The lowest BCUT2D eigenvalue weighted by molar-refractivity contribution is -0.166. The highest BCUT2D eigenvalue weighted by Gasteiger charge is 2.19. The summed E-state index contributed by atoms with van der Waals surface area (Å²) in [6, 6.07) is 0. The topological polar surface area (TPSA) is 78.9 Å². The molecule has 0 N–H and O–H groups in total. The summed E-state index contributed by atoms with van der Waals surface area (Å²) < 4.78 is 16.6. The Balaban J connectivity index is 4.52. The van der Waals surface area contributed by atoms with Gasteiger partial charge in [0.05, 0.1) is 6.42 Å². The van der Waals surface area contributed by atoms with E-state index in [-0.39, 0.29) is 32.0 Å². The number of ether oxygens (including phenoxy) is 3. The number of hydrogen-bond donors (Lipinski definition) is 0. The highest BCUT2D eigenvalue weighted by Crippen LogP contribution is 2.11. The van der Waals surface area contributed by atoms with Gasteiger partial charge < -0.3 is 14.2 Å². The monoisotopic (exact) mass is 859 g/mol. The molecule has 0 fully saturated rings. The molecule has 62 heavy (non-hydrogen) atoms. The van der Waals surface area contributed by atoms with Gasteiger partial charge >= 0.3 is 17.9 Å². The number of rotatable bonds is 43. The summed E-state index contributed by atoms with van der Waals surface area (Å²) in [4.78, 5) is 37.7. The van der Waals surface area contributed by atoms with E-state index >= 15 is 0 Å². The molecule has 0 bridgehead atoms. The van der Waals surface area contributed by atoms with E-state index in [4.69, 9.17) is 14.2 Å². The Morgan fingerprint density at radius 2 is 0.758 bits per heavy atom. The molecule has 6 nitrogen and oxygen atoms in total. The lowest BCUT2D eigenvalue weighted by atomic mass is 10.1. The Bertz CT molecular complexity index is 1310. The summed E-state index contributed by atoms with van der Waals surface area (Å²) >= 11 is 0. The predicted molar refractivity (Wildman–Crippen MR) is 265 cm³/mol. The number of allylic oxidation sites excluding steroid dienone is 17. The molecule has 0 saturated carbocycles. The van der Waals surface area contributed by atoms with E-state index < -0.39 is 18.0 Å². The van der Waals surface area contributed by atoms with Gasteiger partial charge in [0.2, 0.25) is 0 Å². The molecular weight excluding hydrogens is 769 g/mol. The lowest BCUT2D eigenvalue weighted by Crippen LogP contribution is -2.30. The Kier molecular flexibility index (Phi) is 46.6. The molecule has 6 heteroatoms. The first kappa shape index (κ1) is 58.1. The van der Waals surface area contributed by atoms with Crippen LogP contribution in [0.15, 0.2) is 109 Å². The van der Waals surface area contributed by atoms with Crippen LogP contribution in [0.3, 0.4) is 0 Å². The second-order valence-electron chi connectivity index (χ2n) is 16.0. The molecule has 0 aromatic carbocycles. The van der Waals surface area contributed by atoms with Crippen molar-refractivity contribution in [2.45, 2.75) is 213 Å². The molecule has 0 spiro atoms. The van der Waals surface area contributed by atoms with Crippen molar-refractivity contribution < 1.29 is 28.6 Å². The van der Waals surface area contributed by atoms with E-state index in [1.165, 1.54) is 77.0 Å². The molecule has 0 aliphatic carbocycles. The highest BCUT2D eigenvalue weighted by molar-refractivity contribution is 5.72. The van der Waals surface area contributed by atoms with Crippen LogP contribution in [0.4, 0.5) is 0 Å². The molecule has 0 amide bonds. The smallest absolute Gasteiger partial charge is 0.309 e. The fourth-order valence-electron chi connectivity index (χ4n) is 6.31. The summed E-state index contributed by atoms with van der Waals surface area (Å²) in [5.41, 5.74) is 0. The lowest BCUT2D eigenvalue weighted by Gasteiger charge is -2.18. The van der Waals surface area contributed by atoms with E-state index in [2.05, 4.69) is 118 Å². The van der Waals surface area contributed by atoms with Gasteiger partial charge in [0.15, 0.2) is 6.10 Å². The Labute approximate surface area is 380 Å². The van der Waals surface area contributed by atoms with Crippen LogP contribution in [-0.4, -0.2) is 37.2 Å². The molecule has 1 unspecified atom stereocenters. The molecule has 1 atom stereocenters. The van der Waals surface area contributed by atoms with Crippen molar-refractivity contribution in [1.82, 2.24) is 0 Å². The third kappa shape index (κ3) is 47.1. The van der Waals surface area contributed by atoms with Crippen LogP contribution in [0.5, 0.6) is 0 Å². The van der Waals surface area contributed by atoms with Crippen molar-refractivity contribution in [3.05, 3.63) is 109 Å². The van der Waals surface area contributed by atoms with E-state index in [9.17, 15) is 14.4 Å². The minimum absolute atomic E-state index is 0.117. The Morgan fingerprint density at radius 3 is 1.31 bits per heavy atom. The summed E-state index contributed by atoms with van der Waals surface area (Å²) in [7, 11) is 0. The second kappa shape index (κ2) is 49.7. The molecule has 0 radical (unpaired) electrons. The Hall–Kier alpha value is -3.93. The molecule has 0 aliphatic rings. The molecule has 0 aliphatic heterocycles. The zero-order valence-corrected chi connectivity index (χ0v) is 39.8. The average Bonchev–Trinajstić information content (AvgIpc) is 3.27. The maximum atomic E-state index is 12.7. The van der Waals surface area contributed by atoms with Gasteiger partial charge in [0.1, 0.15) is 13.2 Å². The van der Waals surface area contributed by atoms with Crippen molar-refractivity contribution in [3.8, 4) is 0 Å². The van der Waals surface area contributed by atoms with Gasteiger partial charge in [-0.25, -0.2) is 0 Å². The zero-order valence-electron chi connectivity index (χ0n) is 39.8. The standard InChI is InChI=1S/C56H90O6/c1-4-7-10-13-16-19-21-23-25-27-29-30-32-34-37-40-43-46-49-55(58)61-52-53(51-60-54(57)48-45-42-39-36-18-15-12-9-6-3)62-56(59)50-47-44-41-38-35-33-31-28-26-24-22-20-17-14-11-8-5-2/h9,12,17-18,20,24-27,29-31,33,36,38,41-42,45,53H,4-8,10-11,13-16,19,21-23,28,32,34-35,37,39-40,43-44,46-52H2,1-3H3/b12-9-,20-17-,26-24-,27-25-,30-29-,33-31-,36-18-,41-38-,45-42-. The zero-order chi connectivity index (χ0) is 45.1. The van der Waals surface area contributed by atoms with Gasteiger partial charge in [-0.3, -0.25) is 14.4 Å². The molecule has 350 valence electrons. The van der Waals surface area contributed by atoms with E-state index in [1.807, 2.05) is 6.08 Å². The summed E-state index contributed by atoms with van der Waals surface area (Å²) in [6.45, 7) is 6.31. The SMILES string of the molecule is CC/C=C\C/C=C\C/C=C\CC(=O)OCC(COC(=O)CCCCCCC/C=C\C=C/CCCCCCCCC)OC(=O)CCC/C=C\C/C=C\C/C=C\C/C=C\CCCCC. The summed E-state index contributed by atoms with van der Waals surface area (Å²) in [5, 5.41) is 0. The van der Waals surface area contributed by atoms with Gasteiger partial charge in [-0.05, 0) is 96.3 Å². The minimum Gasteiger partial charge on any atom is -0.462 e. The van der Waals surface area contributed by atoms with Crippen LogP contribution in [0.2, 0.25) is 0 Å². The number of carbonyl (C=O) groups excluding carboxylic acids is 3. The number of carbonyl (C=O) groups is 3. The van der Waals surface area contributed by atoms with Gasteiger partial charge in [-0.2, -0.15) is 0 Å². The van der Waals surface area contributed by atoms with Crippen LogP contribution < -0.4 is 0 Å². The van der Waals surface area contributed by atoms with E-state index in [0.29, 0.717) is 12.8 Å². The van der Waals surface area contributed by atoms with Crippen LogP contribution in [0.1, 0.15) is 207 Å². The molecule has 0 aromatic heterocycles. The maximum Gasteiger partial charge on any atom is 0.309 e. The van der Waals surface area contributed by atoms with Gasteiger partial charge in [-0.1, -0.05) is 201 Å². The number of unbranched alkanes of at least 4 members (excludes halogenated alkanes) is 16. The summed E-state index contributed by atoms with van der Waals surface area (Å²) in [5.74, 6) is -1.15. The largest absolute Gasteiger partial charge is 0.462 e. The summed E-state index contributed by atoms with van der Waals surface area (Å²) in [6.07, 6.45) is 66.9. The van der Waals surface area contributed by atoms with Crippen molar-refractivity contribution in [1.29, 1.82) is 0 Å². The van der Waals surface area contributed by atoms with E-state index in [1.54, 1.807) is 6.08 Å². The van der Waals surface area contributed by atoms with Crippen LogP contribution >= 0.6 is 0 Å². The third-order valence-corrected chi connectivity index (χ3v) is 10.0. The quantitative estimate of drug-likeness (QED) is 0.0200. The van der Waals surface area contributed by atoms with Gasteiger partial charge in [0.25, 0.3) is 0 Å². The van der Waals surface area contributed by atoms with Gasteiger partial charge in [0, 0.05) is 12.8 Å². The highest BCUT2D eigenvalue weighted by atomic mass is 16.6. The minimum atomic E-state index is -0.849. The maximum absolute atomic E-state index is 12.7. The van der Waals surface area contributed by atoms with Crippen molar-refractivity contribution in [2.24, 2.45) is 0 Å². The fraction of sp³-hybridized carbons (Fsp3) is 0.625. The second-order valence-corrected chi connectivity index (χ2v) is 16.0. The first-order chi connectivity index (χ1) is 30.5. The van der Waals surface area contributed by atoms with Crippen molar-refractivity contribution >= 4 is 17.9 Å². The van der Waals surface area contributed by atoms with Crippen molar-refractivity contribution in [2.75, 3.05) is 13.2 Å². The molecule has 0 rings (SSSR count). The molecule has 0 saturated heterocycles. The van der Waals surface area contributed by atoms with Crippen LogP contribution in [-0.2, 0) is 28.6 Å². The molecule has 0 heterocycles. The first-order valence-electron chi connectivity index (χ1n) is 24.9. The predicted octanol–water partition coefficient (Wildman–Crippen LogP) is 16.4. The van der Waals surface area contributed by atoms with Crippen LogP contribution in [0, 0.1) is 0 Å². The third-order valence-electron chi connectivity index (χ3n) is 10.0. The van der Waals surface area contributed by atoms with Crippen molar-refractivity contribution in [3.63, 3.8) is 0 Å². The average molecular weight is 859 g/mol. The van der Waals surface area contributed by atoms with Gasteiger partial charge in [-0.15, -0.1) is 0 Å². The fourth-order valence-corrected chi connectivity index (χ4v) is 6.31. The normalized spacial score (nSPS) is 13.0. The number of esters is 3. The Morgan fingerprint density at radius 1 is 0.371 bits per heavy atom.